The molecule has 0 heterocycles. The molecule has 3 nitrogen and oxygen atoms in total. The van der Waals surface area contributed by atoms with Crippen LogP contribution in [0.4, 0.5) is 4.39 Å². The second-order valence-corrected chi connectivity index (χ2v) is 3.99. The average Bonchev–Trinajstić information content (AvgIpc) is 2.23. The van der Waals surface area contributed by atoms with Crippen molar-refractivity contribution in [1.29, 1.82) is 0 Å². The Hall–Kier alpha value is -0.840. The van der Waals surface area contributed by atoms with Crippen LogP contribution in [0, 0.1) is 5.82 Å². The molecule has 0 radical (unpaired) electrons. The van der Waals surface area contributed by atoms with Crippen molar-refractivity contribution in [2.45, 2.75) is 19.4 Å². The molecular weight excluding hydrogens is 266 g/mol. The summed E-state index contributed by atoms with van der Waals surface area (Å²) in [5, 5.41) is 2.90. The van der Waals surface area contributed by atoms with Crippen molar-refractivity contribution in [1.82, 2.24) is 5.32 Å². The van der Waals surface area contributed by atoms with E-state index in [1.165, 1.54) is 12.1 Å². The minimum absolute atomic E-state index is 0. The maximum absolute atomic E-state index is 13.3. The number of nitrogens with two attached hydrogens (primary N) is 1. The summed E-state index contributed by atoms with van der Waals surface area (Å²) >= 11 is 5.80. The van der Waals surface area contributed by atoms with Gasteiger partial charge in [-0.3, -0.25) is 4.79 Å². The van der Waals surface area contributed by atoms with Gasteiger partial charge in [0.15, 0.2) is 0 Å². The van der Waals surface area contributed by atoms with Crippen molar-refractivity contribution in [3.8, 4) is 0 Å². The predicted octanol–water partition coefficient (Wildman–Crippen LogP) is 1.91. The van der Waals surface area contributed by atoms with Gasteiger partial charge in [0.05, 0.1) is 6.42 Å². The van der Waals surface area contributed by atoms with Crippen LogP contribution in [0.3, 0.4) is 0 Å². The number of amides is 1. The van der Waals surface area contributed by atoms with E-state index < -0.39 is 5.82 Å². The second kappa shape index (κ2) is 7.48. The number of carbonyl (C=O) groups is 1. The van der Waals surface area contributed by atoms with Crippen LogP contribution in [0.5, 0.6) is 0 Å². The highest BCUT2D eigenvalue weighted by Crippen LogP contribution is 2.19. The van der Waals surface area contributed by atoms with Crippen LogP contribution in [-0.2, 0) is 11.2 Å². The lowest BCUT2D eigenvalue weighted by atomic mass is 10.1. The van der Waals surface area contributed by atoms with Crippen LogP contribution in [0.2, 0.25) is 5.02 Å². The van der Waals surface area contributed by atoms with Gasteiger partial charge in [0.1, 0.15) is 5.82 Å². The molecule has 0 aliphatic rings. The smallest absolute Gasteiger partial charge is 0.224 e. The van der Waals surface area contributed by atoms with Gasteiger partial charge in [-0.25, -0.2) is 4.39 Å². The maximum Gasteiger partial charge on any atom is 0.224 e. The highest BCUT2D eigenvalue weighted by Gasteiger charge is 2.12. The van der Waals surface area contributed by atoms with E-state index in [0.717, 1.165) is 0 Å². The highest BCUT2D eigenvalue weighted by atomic mass is 35.5. The summed E-state index contributed by atoms with van der Waals surface area (Å²) < 4.78 is 13.3. The van der Waals surface area contributed by atoms with Crippen LogP contribution in [0.1, 0.15) is 12.5 Å². The molecule has 1 atom stereocenters. The summed E-state index contributed by atoms with van der Waals surface area (Å²) in [5.41, 5.74) is 5.57. The van der Waals surface area contributed by atoms with Gasteiger partial charge in [0.2, 0.25) is 5.91 Å². The first-order valence-electron chi connectivity index (χ1n) is 4.97. The third kappa shape index (κ3) is 4.89. The predicted molar refractivity (Wildman–Crippen MR) is 69.0 cm³/mol. The normalized spacial score (nSPS) is 11.5. The molecule has 0 unspecified atom stereocenters. The minimum Gasteiger partial charge on any atom is -0.352 e. The van der Waals surface area contributed by atoms with Crippen molar-refractivity contribution >= 4 is 29.9 Å². The Kier molecular flexibility index (Phi) is 7.11. The molecule has 0 bridgehead atoms. The van der Waals surface area contributed by atoms with Gasteiger partial charge in [-0.05, 0) is 19.1 Å². The minimum atomic E-state index is -0.469. The highest BCUT2D eigenvalue weighted by molar-refractivity contribution is 6.31. The lowest BCUT2D eigenvalue weighted by Gasteiger charge is -2.12. The molecule has 1 aromatic carbocycles. The molecule has 96 valence electrons. The molecule has 6 heteroatoms. The Labute approximate surface area is 111 Å². The molecule has 0 saturated heterocycles. The fraction of sp³-hybridized carbons (Fsp3) is 0.364. The summed E-state index contributed by atoms with van der Waals surface area (Å²) in [7, 11) is 0. The van der Waals surface area contributed by atoms with Crippen molar-refractivity contribution in [2.24, 2.45) is 5.73 Å². The Morgan fingerprint density at radius 2 is 2.24 bits per heavy atom. The van der Waals surface area contributed by atoms with Gasteiger partial charge in [0.25, 0.3) is 0 Å². The number of nitrogens with one attached hydrogen (secondary N) is 1. The Bertz CT molecular complexity index is 367. The zero-order chi connectivity index (χ0) is 12.1. The Balaban J connectivity index is 0.00000256. The van der Waals surface area contributed by atoms with Crippen LogP contribution in [0.15, 0.2) is 18.2 Å². The fourth-order valence-electron chi connectivity index (χ4n) is 1.25. The van der Waals surface area contributed by atoms with E-state index in [4.69, 9.17) is 17.3 Å². The van der Waals surface area contributed by atoms with Gasteiger partial charge in [-0.1, -0.05) is 17.7 Å². The molecule has 0 aliphatic heterocycles. The lowest BCUT2D eigenvalue weighted by Crippen LogP contribution is -2.38. The number of benzene rings is 1. The molecule has 3 N–H and O–H groups in total. The molecule has 0 saturated carbocycles. The van der Waals surface area contributed by atoms with E-state index >= 15 is 0 Å². The topological polar surface area (TPSA) is 55.1 Å². The summed E-state index contributed by atoms with van der Waals surface area (Å²) in [6.07, 6.45) is -0.0736. The first-order valence-corrected chi connectivity index (χ1v) is 5.34. The fourth-order valence-corrected chi connectivity index (χ4v) is 1.48. The standard InChI is InChI=1S/C11H14ClFN2O.ClH/c1-7(6-14)15-11(16)5-8-9(12)3-2-4-10(8)13;/h2-4,7H,5-6,14H2,1H3,(H,15,16);1H/t7-;/m1./s1. The van der Waals surface area contributed by atoms with Gasteiger partial charge < -0.3 is 11.1 Å². The van der Waals surface area contributed by atoms with Crippen molar-refractivity contribution in [3.63, 3.8) is 0 Å². The van der Waals surface area contributed by atoms with Crippen LogP contribution in [0.25, 0.3) is 0 Å². The molecule has 17 heavy (non-hydrogen) atoms. The molecule has 1 aromatic rings. The number of carbonyl (C=O) groups excluding carboxylic acids is 1. The summed E-state index contributed by atoms with van der Waals surface area (Å²) in [4.78, 5) is 11.5. The van der Waals surface area contributed by atoms with E-state index in [1.54, 1.807) is 13.0 Å². The van der Waals surface area contributed by atoms with Crippen LogP contribution < -0.4 is 11.1 Å². The Morgan fingerprint density at radius 1 is 1.59 bits per heavy atom. The monoisotopic (exact) mass is 280 g/mol. The van der Waals surface area contributed by atoms with E-state index in [-0.39, 0.29) is 41.4 Å². The SMILES string of the molecule is C[C@H](CN)NC(=O)Cc1c(F)cccc1Cl.Cl. The summed E-state index contributed by atoms with van der Waals surface area (Å²) in [6, 6.07) is 4.21. The summed E-state index contributed by atoms with van der Waals surface area (Å²) in [5.74, 6) is -0.756. The van der Waals surface area contributed by atoms with E-state index in [0.29, 0.717) is 6.54 Å². The molecule has 0 spiro atoms. The summed E-state index contributed by atoms with van der Waals surface area (Å²) in [6.45, 7) is 2.12. The molecule has 1 amide bonds. The first-order chi connectivity index (χ1) is 7.54. The molecular formula is C11H15Cl2FN2O. The van der Waals surface area contributed by atoms with Crippen molar-refractivity contribution in [2.75, 3.05) is 6.54 Å². The zero-order valence-corrected chi connectivity index (χ0v) is 10.9. The molecule has 0 aromatic heterocycles. The quantitative estimate of drug-likeness (QED) is 0.885. The van der Waals surface area contributed by atoms with Crippen LogP contribution in [-0.4, -0.2) is 18.5 Å². The molecule has 1 rings (SSSR count). The number of hydrogen-bond acceptors (Lipinski definition) is 2. The molecule has 0 fully saturated rings. The van der Waals surface area contributed by atoms with Gasteiger partial charge >= 0.3 is 0 Å². The largest absolute Gasteiger partial charge is 0.352 e. The Morgan fingerprint density at radius 3 is 2.76 bits per heavy atom. The third-order valence-electron chi connectivity index (χ3n) is 2.16. The first kappa shape index (κ1) is 16.2. The van der Waals surface area contributed by atoms with Crippen molar-refractivity contribution < 1.29 is 9.18 Å². The van der Waals surface area contributed by atoms with Gasteiger partial charge in [0, 0.05) is 23.2 Å². The van der Waals surface area contributed by atoms with Gasteiger partial charge in [-0.15, -0.1) is 12.4 Å². The number of halogens is 3. The van der Waals surface area contributed by atoms with E-state index in [1.807, 2.05) is 0 Å². The van der Waals surface area contributed by atoms with Gasteiger partial charge in [-0.2, -0.15) is 0 Å². The molecule has 0 aliphatic carbocycles. The second-order valence-electron chi connectivity index (χ2n) is 3.58. The average molecular weight is 281 g/mol. The van der Waals surface area contributed by atoms with E-state index in [2.05, 4.69) is 5.32 Å². The van der Waals surface area contributed by atoms with E-state index in [9.17, 15) is 9.18 Å². The number of rotatable bonds is 4. The maximum atomic E-state index is 13.3. The third-order valence-corrected chi connectivity index (χ3v) is 2.51. The van der Waals surface area contributed by atoms with Crippen LogP contribution >= 0.6 is 24.0 Å². The lowest BCUT2D eigenvalue weighted by molar-refractivity contribution is -0.121. The number of hydrogen-bond donors (Lipinski definition) is 2. The van der Waals surface area contributed by atoms with Crippen molar-refractivity contribution in [3.05, 3.63) is 34.6 Å². The zero-order valence-electron chi connectivity index (χ0n) is 9.37.